The Morgan fingerprint density at radius 1 is 1.58 bits per heavy atom. The van der Waals surface area contributed by atoms with E-state index >= 15 is 0 Å². The zero-order valence-corrected chi connectivity index (χ0v) is 8.40. The average molecular weight is 185 g/mol. The van der Waals surface area contributed by atoms with Gasteiger partial charge in [-0.25, -0.2) is 0 Å². The second-order valence-electron chi connectivity index (χ2n) is 2.91. The minimum atomic E-state index is 0.273. The molecule has 0 saturated heterocycles. The summed E-state index contributed by atoms with van der Waals surface area (Å²) in [6, 6.07) is 2.12. The number of nitrogens with zero attached hydrogens (tertiary/aromatic N) is 1. The number of aryl methyl sites for hydroxylation is 1. The van der Waals surface area contributed by atoms with Crippen LogP contribution in [0.25, 0.3) is 0 Å². The van der Waals surface area contributed by atoms with E-state index in [2.05, 4.69) is 30.3 Å². The van der Waals surface area contributed by atoms with Crippen LogP contribution in [-0.2, 0) is 0 Å². The van der Waals surface area contributed by atoms with Gasteiger partial charge in [-0.2, -0.15) is 0 Å². The lowest BCUT2D eigenvalue weighted by molar-refractivity contribution is 0.290. The molecule has 0 fully saturated rings. The van der Waals surface area contributed by atoms with Gasteiger partial charge in [0.1, 0.15) is 0 Å². The smallest absolute Gasteiger partial charge is 0.0935 e. The summed E-state index contributed by atoms with van der Waals surface area (Å²) in [5.41, 5.74) is 1.32. The molecule has 2 nitrogen and oxygen atoms in total. The van der Waals surface area contributed by atoms with Crippen molar-refractivity contribution in [1.29, 1.82) is 0 Å². The number of aliphatic hydroxyl groups excluding tert-OH is 1. The molecule has 0 aliphatic heterocycles. The van der Waals surface area contributed by atoms with Gasteiger partial charge < -0.3 is 10.0 Å². The molecular weight excluding hydrogens is 170 g/mol. The fourth-order valence-corrected chi connectivity index (χ4v) is 2.09. The van der Waals surface area contributed by atoms with Crippen molar-refractivity contribution in [2.45, 2.75) is 13.3 Å². The molecule has 1 rings (SSSR count). The van der Waals surface area contributed by atoms with Crippen LogP contribution >= 0.6 is 11.3 Å². The Bertz CT molecular complexity index is 234. The van der Waals surface area contributed by atoms with Crippen molar-refractivity contribution in [2.75, 3.05) is 25.1 Å². The van der Waals surface area contributed by atoms with Crippen molar-refractivity contribution in [3.8, 4) is 0 Å². The predicted molar refractivity (Wildman–Crippen MR) is 54.0 cm³/mol. The SMILES string of the molecule is Cc1ccsc1N(C)CCCO. The van der Waals surface area contributed by atoms with Crippen LogP contribution in [0.15, 0.2) is 11.4 Å². The molecule has 12 heavy (non-hydrogen) atoms. The Labute approximate surface area is 77.5 Å². The van der Waals surface area contributed by atoms with E-state index in [0.29, 0.717) is 0 Å². The van der Waals surface area contributed by atoms with Crippen molar-refractivity contribution >= 4 is 16.3 Å². The highest BCUT2D eigenvalue weighted by atomic mass is 32.1. The number of aliphatic hydroxyl groups is 1. The first-order valence-electron chi connectivity index (χ1n) is 4.12. The van der Waals surface area contributed by atoms with Gasteiger partial charge in [0.25, 0.3) is 0 Å². The van der Waals surface area contributed by atoms with E-state index in [1.54, 1.807) is 11.3 Å². The second kappa shape index (κ2) is 4.48. The highest BCUT2D eigenvalue weighted by Gasteiger charge is 2.04. The predicted octanol–water partition coefficient (Wildman–Crippen LogP) is 1.88. The molecule has 0 unspecified atom stereocenters. The fourth-order valence-electron chi connectivity index (χ4n) is 1.17. The van der Waals surface area contributed by atoms with E-state index in [0.717, 1.165) is 13.0 Å². The summed E-state index contributed by atoms with van der Waals surface area (Å²) in [5, 5.41) is 12.1. The zero-order valence-electron chi connectivity index (χ0n) is 7.58. The molecule has 1 N–H and O–H groups in total. The molecule has 0 saturated carbocycles. The molecule has 0 amide bonds. The Hall–Kier alpha value is -0.540. The lowest BCUT2D eigenvalue weighted by atomic mass is 10.3. The minimum Gasteiger partial charge on any atom is -0.396 e. The van der Waals surface area contributed by atoms with Crippen LogP contribution in [0, 0.1) is 6.92 Å². The van der Waals surface area contributed by atoms with Crippen LogP contribution in [0.5, 0.6) is 0 Å². The maximum atomic E-state index is 8.66. The normalized spacial score (nSPS) is 10.2. The Kier molecular flexibility index (Phi) is 3.56. The van der Waals surface area contributed by atoms with Crippen molar-refractivity contribution in [1.82, 2.24) is 0 Å². The van der Waals surface area contributed by atoms with Gasteiger partial charge in [0.05, 0.1) is 5.00 Å². The summed E-state index contributed by atoms with van der Waals surface area (Å²) in [4.78, 5) is 2.19. The first-order chi connectivity index (χ1) is 5.75. The molecular formula is C9H15NOS. The standard InChI is InChI=1S/C9H15NOS/c1-8-4-7-12-9(8)10(2)5-3-6-11/h4,7,11H,3,5-6H2,1-2H3. The monoisotopic (exact) mass is 185 g/mol. The van der Waals surface area contributed by atoms with Crippen LogP contribution in [-0.4, -0.2) is 25.3 Å². The molecule has 1 heterocycles. The molecule has 3 heteroatoms. The number of thiophene rings is 1. The van der Waals surface area contributed by atoms with Gasteiger partial charge in [-0.1, -0.05) is 0 Å². The molecule has 0 atom stereocenters. The highest BCUT2D eigenvalue weighted by Crippen LogP contribution is 2.25. The summed E-state index contributed by atoms with van der Waals surface area (Å²) in [5.74, 6) is 0. The van der Waals surface area contributed by atoms with Gasteiger partial charge in [0.2, 0.25) is 0 Å². The van der Waals surface area contributed by atoms with Crippen LogP contribution in [0.2, 0.25) is 0 Å². The van der Waals surface area contributed by atoms with E-state index in [9.17, 15) is 0 Å². The van der Waals surface area contributed by atoms with Crippen LogP contribution < -0.4 is 4.90 Å². The quantitative estimate of drug-likeness (QED) is 0.774. The molecule has 0 spiro atoms. The van der Waals surface area contributed by atoms with Crippen molar-refractivity contribution in [2.24, 2.45) is 0 Å². The first-order valence-corrected chi connectivity index (χ1v) is 4.99. The summed E-state index contributed by atoms with van der Waals surface area (Å²) < 4.78 is 0. The fraction of sp³-hybridized carbons (Fsp3) is 0.556. The largest absolute Gasteiger partial charge is 0.396 e. The van der Waals surface area contributed by atoms with Crippen LogP contribution in [0.3, 0.4) is 0 Å². The van der Waals surface area contributed by atoms with Gasteiger partial charge >= 0.3 is 0 Å². The van der Waals surface area contributed by atoms with Gasteiger partial charge in [0.15, 0.2) is 0 Å². The molecule has 0 aromatic carbocycles. The Morgan fingerprint density at radius 3 is 2.83 bits per heavy atom. The maximum Gasteiger partial charge on any atom is 0.0935 e. The maximum absolute atomic E-state index is 8.66. The van der Waals surface area contributed by atoms with Crippen molar-refractivity contribution < 1.29 is 5.11 Å². The number of hydrogen-bond acceptors (Lipinski definition) is 3. The number of hydrogen-bond donors (Lipinski definition) is 1. The average Bonchev–Trinajstić information content (AvgIpc) is 2.47. The van der Waals surface area contributed by atoms with Gasteiger partial charge in [0, 0.05) is 20.2 Å². The van der Waals surface area contributed by atoms with E-state index in [4.69, 9.17) is 5.11 Å². The second-order valence-corrected chi connectivity index (χ2v) is 3.80. The van der Waals surface area contributed by atoms with E-state index in [1.165, 1.54) is 10.6 Å². The molecule has 0 radical (unpaired) electrons. The van der Waals surface area contributed by atoms with Crippen molar-refractivity contribution in [3.05, 3.63) is 17.0 Å². The van der Waals surface area contributed by atoms with Gasteiger partial charge in [-0.15, -0.1) is 11.3 Å². The lowest BCUT2D eigenvalue weighted by Gasteiger charge is -2.17. The summed E-state index contributed by atoms with van der Waals surface area (Å²) >= 11 is 1.75. The highest BCUT2D eigenvalue weighted by molar-refractivity contribution is 7.14. The van der Waals surface area contributed by atoms with E-state index < -0.39 is 0 Å². The van der Waals surface area contributed by atoms with Gasteiger partial charge in [-0.05, 0) is 30.4 Å². The van der Waals surface area contributed by atoms with Crippen LogP contribution in [0.1, 0.15) is 12.0 Å². The van der Waals surface area contributed by atoms with E-state index in [-0.39, 0.29) is 6.61 Å². The first kappa shape index (κ1) is 9.55. The van der Waals surface area contributed by atoms with Crippen molar-refractivity contribution in [3.63, 3.8) is 0 Å². The lowest BCUT2D eigenvalue weighted by Crippen LogP contribution is -2.18. The third kappa shape index (κ3) is 2.22. The number of anilines is 1. The number of rotatable bonds is 4. The molecule has 68 valence electrons. The molecule has 1 aromatic rings. The topological polar surface area (TPSA) is 23.5 Å². The third-order valence-electron chi connectivity index (χ3n) is 1.83. The van der Waals surface area contributed by atoms with Crippen LogP contribution in [0.4, 0.5) is 5.00 Å². The summed E-state index contributed by atoms with van der Waals surface area (Å²) in [7, 11) is 2.06. The minimum absolute atomic E-state index is 0.273. The van der Waals surface area contributed by atoms with E-state index in [1.807, 2.05) is 0 Å². The molecule has 0 aliphatic rings. The zero-order chi connectivity index (χ0) is 8.97. The Morgan fingerprint density at radius 2 is 2.33 bits per heavy atom. The summed E-state index contributed by atoms with van der Waals surface area (Å²) in [6.45, 7) is 3.31. The Balaban J connectivity index is 2.52. The molecule has 0 aliphatic carbocycles. The molecule has 0 bridgehead atoms. The van der Waals surface area contributed by atoms with Gasteiger partial charge in [-0.3, -0.25) is 0 Å². The summed E-state index contributed by atoms with van der Waals surface area (Å²) in [6.07, 6.45) is 0.841. The third-order valence-corrected chi connectivity index (χ3v) is 2.96. The molecule has 1 aromatic heterocycles.